The van der Waals surface area contributed by atoms with Crippen LogP contribution in [0.5, 0.6) is 0 Å². The van der Waals surface area contributed by atoms with Gasteiger partial charge in [-0.25, -0.2) is 0 Å². The summed E-state index contributed by atoms with van der Waals surface area (Å²) in [5, 5.41) is 3.20. The molecule has 2 heterocycles. The molecular formula is C10H18N2O2. The third-order valence-corrected chi connectivity index (χ3v) is 3.03. The molecule has 2 aliphatic rings. The lowest BCUT2D eigenvalue weighted by Crippen LogP contribution is -2.72. The van der Waals surface area contributed by atoms with Crippen molar-refractivity contribution in [1.29, 1.82) is 0 Å². The summed E-state index contributed by atoms with van der Waals surface area (Å²) in [5.41, 5.74) is -0.0996. The van der Waals surface area contributed by atoms with Crippen molar-refractivity contribution in [2.24, 2.45) is 0 Å². The van der Waals surface area contributed by atoms with E-state index >= 15 is 0 Å². The van der Waals surface area contributed by atoms with E-state index in [1.165, 1.54) is 0 Å². The van der Waals surface area contributed by atoms with E-state index < -0.39 is 0 Å². The number of ether oxygens (including phenoxy) is 1. The zero-order chi connectivity index (χ0) is 10.3. The first kappa shape index (κ1) is 9.93. The van der Waals surface area contributed by atoms with Gasteiger partial charge < -0.3 is 15.0 Å². The van der Waals surface area contributed by atoms with Gasteiger partial charge in [0.15, 0.2) is 0 Å². The highest BCUT2D eigenvalue weighted by atomic mass is 16.5. The van der Waals surface area contributed by atoms with Gasteiger partial charge in [0.1, 0.15) is 11.7 Å². The van der Waals surface area contributed by atoms with E-state index in [1.54, 1.807) is 0 Å². The Balaban J connectivity index is 2.13. The zero-order valence-electron chi connectivity index (χ0n) is 9.04. The second-order valence-corrected chi connectivity index (χ2v) is 4.61. The SMILES string of the molecule is CC(C)N1CC2(CNC2)O[C@H](C)C1=O. The molecular weight excluding hydrogens is 180 g/mol. The van der Waals surface area contributed by atoms with E-state index in [9.17, 15) is 4.79 Å². The topological polar surface area (TPSA) is 41.6 Å². The van der Waals surface area contributed by atoms with E-state index in [4.69, 9.17) is 4.74 Å². The van der Waals surface area contributed by atoms with Crippen LogP contribution in [0.15, 0.2) is 0 Å². The maximum atomic E-state index is 11.8. The Labute approximate surface area is 84.6 Å². The van der Waals surface area contributed by atoms with Gasteiger partial charge in [0.05, 0.1) is 6.54 Å². The van der Waals surface area contributed by atoms with Crippen molar-refractivity contribution < 1.29 is 9.53 Å². The molecule has 2 rings (SSSR count). The molecule has 14 heavy (non-hydrogen) atoms. The summed E-state index contributed by atoms with van der Waals surface area (Å²) in [7, 11) is 0. The third kappa shape index (κ3) is 1.42. The van der Waals surface area contributed by atoms with Crippen molar-refractivity contribution >= 4 is 5.91 Å². The highest BCUT2D eigenvalue weighted by Crippen LogP contribution is 2.27. The van der Waals surface area contributed by atoms with Gasteiger partial charge in [-0.05, 0) is 20.8 Å². The number of amides is 1. The first-order chi connectivity index (χ1) is 6.54. The summed E-state index contributed by atoms with van der Waals surface area (Å²) in [4.78, 5) is 13.7. The molecule has 0 bridgehead atoms. The highest BCUT2D eigenvalue weighted by molar-refractivity contribution is 5.81. The molecule has 2 saturated heterocycles. The lowest BCUT2D eigenvalue weighted by Gasteiger charge is -2.51. The number of carbonyl (C=O) groups is 1. The van der Waals surface area contributed by atoms with E-state index in [2.05, 4.69) is 19.2 Å². The summed E-state index contributed by atoms with van der Waals surface area (Å²) >= 11 is 0. The normalized spacial score (nSPS) is 31.0. The Morgan fingerprint density at radius 2 is 2.21 bits per heavy atom. The van der Waals surface area contributed by atoms with E-state index in [0.717, 1.165) is 19.6 Å². The zero-order valence-corrected chi connectivity index (χ0v) is 9.04. The summed E-state index contributed by atoms with van der Waals surface area (Å²) in [6.45, 7) is 8.42. The molecule has 4 nitrogen and oxygen atoms in total. The van der Waals surface area contributed by atoms with Crippen molar-refractivity contribution in [1.82, 2.24) is 10.2 Å². The van der Waals surface area contributed by atoms with Crippen molar-refractivity contribution in [2.45, 2.75) is 38.5 Å². The molecule has 0 aliphatic carbocycles. The molecule has 4 heteroatoms. The predicted molar refractivity (Wildman–Crippen MR) is 53.0 cm³/mol. The van der Waals surface area contributed by atoms with Crippen LogP contribution in [0.2, 0.25) is 0 Å². The van der Waals surface area contributed by atoms with Gasteiger partial charge >= 0.3 is 0 Å². The summed E-state index contributed by atoms with van der Waals surface area (Å²) in [6.07, 6.45) is -0.284. The Hall–Kier alpha value is -0.610. The van der Waals surface area contributed by atoms with E-state index in [0.29, 0.717) is 0 Å². The fourth-order valence-electron chi connectivity index (χ4n) is 2.12. The van der Waals surface area contributed by atoms with Gasteiger partial charge in [0.25, 0.3) is 5.91 Å². The quantitative estimate of drug-likeness (QED) is 0.644. The molecule has 0 aromatic heterocycles. The Morgan fingerprint density at radius 3 is 2.64 bits per heavy atom. The van der Waals surface area contributed by atoms with Gasteiger partial charge in [-0.15, -0.1) is 0 Å². The molecule has 0 aromatic rings. The van der Waals surface area contributed by atoms with Gasteiger partial charge in [0, 0.05) is 19.1 Å². The lowest BCUT2D eigenvalue weighted by molar-refractivity contribution is -0.193. The second kappa shape index (κ2) is 3.21. The lowest BCUT2D eigenvalue weighted by atomic mass is 9.92. The van der Waals surface area contributed by atoms with Gasteiger partial charge in [0.2, 0.25) is 0 Å². The largest absolute Gasteiger partial charge is 0.358 e. The molecule has 0 radical (unpaired) electrons. The standard InChI is InChI=1S/C10H18N2O2/c1-7(2)12-6-10(4-11-5-10)14-8(3)9(12)13/h7-8,11H,4-6H2,1-3H3/t8-/m1/s1. The molecule has 1 amide bonds. The predicted octanol–water partition coefficient (Wildman–Crippen LogP) is -0.0159. The van der Waals surface area contributed by atoms with Crippen LogP contribution in [0.25, 0.3) is 0 Å². The molecule has 1 spiro atoms. The summed E-state index contributed by atoms with van der Waals surface area (Å²) in [5.74, 6) is 0.123. The molecule has 0 saturated carbocycles. The summed E-state index contributed by atoms with van der Waals surface area (Å²) < 4.78 is 5.75. The van der Waals surface area contributed by atoms with Crippen LogP contribution in [0.1, 0.15) is 20.8 Å². The van der Waals surface area contributed by atoms with Crippen LogP contribution in [-0.4, -0.2) is 48.2 Å². The van der Waals surface area contributed by atoms with Crippen LogP contribution < -0.4 is 5.32 Å². The van der Waals surface area contributed by atoms with Crippen molar-refractivity contribution in [3.05, 3.63) is 0 Å². The first-order valence-electron chi connectivity index (χ1n) is 5.23. The first-order valence-corrected chi connectivity index (χ1v) is 5.23. The maximum absolute atomic E-state index is 11.8. The molecule has 80 valence electrons. The number of carbonyl (C=O) groups excluding carboxylic acids is 1. The molecule has 0 unspecified atom stereocenters. The van der Waals surface area contributed by atoms with Crippen molar-refractivity contribution in [3.63, 3.8) is 0 Å². The molecule has 2 fully saturated rings. The number of morpholine rings is 1. The Kier molecular flexibility index (Phi) is 2.27. The summed E-state index contributed by atoms with van der Waals surface area (Å²) in [6, 6.07) is 0.270. The minimum Gasteiger partial charge on any atom is -0.358 e. The fraction of sp³-hybridized carbons (Fsp3) is 0.900. The average molecular weight is 198 g/mol. The fourth-order valence-corrected chi connectivity index (χ4v) is 2.12. The average Bonchev–Trinajstić information content (AvgIpc) is 2.06. The smallest absolute Gasteiger partial charge is 0.251 e. The third-order valence-electron chi connectivity index (χ3n) is 3.03. The molecule has 1 atom stereocenters. The minimum atomic E-state index is -0.284. The maximum Gasteiger partial charge on any atom is 0.251 e. The van der Waals surface area contributed by atoms with Crippen LogP contribution in [0, 0.1) is 0 Å². The van der Waals surface area contributed by atoms with Crippen LogP contribution >= 0.6 is 0 Å². The highest BCUT2D eigenvalue weighted by Gasteiger charge is 2.47. The van der Waals surface area contributed by atoms with Crippen molar-refractivity contribution in [3.8, 4) is 0 Å². The molecule has 0 aromatic carbocycles. The number of hydrogen-bond acceptors (Lipinski definition) is 3. The minimum absolute atomic E-state index is 0.0996. The second-order valence-electron chi connectivity index (χ2n) is 4.61. The van der Waals surface area contributed by atoms with Crippen molar-refractivity contribution in [2.75, 3.05) is 19.6 Å². The Bertz CT molecular complexity index is 249. The monoisotopic (exact) mass is 198 g/mol. The number of rotatable bonds is 1. The van der Waals surface area contributed by atoms with Crippen LogP contribution in [0.4, 0.5) is 0 Å². The molecule has 2 aliphatic heterocycles. The number of nitrogens with zero attached hydrogens (tertiary/aromatic N) is 1. The number of hydrogen-bond donors (Lipinski definition) is 1. The number of nitrogens with one attached hydrogen (secondary N) is 1. The van der Waals surface area contributed by atoms with Gasteiger partial charge in [-0.3, -0.25) is 4.79 Å². The van der Waals surface area contributed by atoms with Gasteiger partial charge in [-0.2, -0.15) is 0 Å². The molecule has 1 N–H and O–H groups in total. The van der Waals surface area contributed by atoms with E-state index in [1.807, 2.05) is 11.8 Å². The van der Waals surface area contributed by atoms with Gasteiger partial charge in [-0.1, -0.05) is 0 Å². The van der Waals surface area contributed by atoms with Crippen LogP contribution in [-0.2, 0) is 9.53 Å². The van der Waals surface area contributed by atoms with E-state index in [-0.39, 0.29) is 23.7 Å². The van der Waals surface area contributed by atoms with Crippen LogP contribution in [0.3, 0.4) is 0 Å². The Morgan fingerprint density at radius 1 is 1.57 bits per heavy atom.